The molecule has 0 radical (unpaired) electrons. The first kappa shape index (κ1) is 21.3. The Morgan fingerprint density at radius 1 is 1.24 bits per heavy atom. The monoisotopic (exact) mass is 400 g/mol. The van der Waals surface area contributed by atoms with Crippen LogP contribution >= 0.6 is 0 Å². The number of carbonyl (C=O) groups is 1. The second kappa shape index (κ2) is 8.95. The number of amides is 1. The maximum atomic E-state index is 12.1. The summed E-state index contributed by atoms with van der Waals surface area (Å²) in [6.45, 7) is 1.86. The Morgan fingerprint density at radius 3 is 2.59 bits per heavy atom. The molecule has 1 aromatic rings. The highest BCUT2D eigenvalue weighted by Gasteiger charge is 2.31. The van der Waals surface area contributed by atoms with Crippen LogP contribution in [0.1, 0.15) is 63.9 Å². The predicted octanol–water partition coefficient (Wildman–Crippen LogP) is 2.51. The van der Waals surface area contributed by atoms with E-state index < -0.39 is 5.60 Å². The van der Waals surface area contributed by atoms with Gasteiger partial charge in [-0.15, -0.1) is 0 Å². The molecule has 3 rings (SSSR count). The molecule has 0 bridgehead atoms. The van der Waals surface area contributed by atoms with E-state index in [0.29, 0.717) is 23.8 Å². The van der Waals surface area contributed by atoms with Gasteiger partial charge in [0.05, 0.1) is 11.8 Å². The van der Waals surface area contributed by atoms with Crippen LogP contribution in [-0.2, 0) is 4.79 Å². The number of hydrogen-bond donors (Lipinski definition) is 3. The van der Waals surface area contributed by atoms with Crippen molar-refractivity contribution in [1.82, 2.24) is 14.9 Å². The summed E-state index contributed by atoms with van der Waals surface area (Å²) in [6.07, 6.45) is 8.35. The van der Waals surface area contributed by atoms with Crippen molar-refractivity contribution in [3.8, 4) is 6.07 Å². The Balaban J connectivity index is 1.62. The molecule has 2 saturated carbocycles. The van der Waals surface area contributed by atoms with E-state index in [1.807, 2.05) is 6.92 Å². The minimum atomic E-state index is -0.681. The fourth-order valence-corrected chi connectivity index (χ4v) is 4.46. The minimum absolute atomic E-state index is 0.0843. The molecule has 2 atom stereocenters. The van der Waals surface area contributed by atoms with E-state index in [2.05, 4.69) is 26.7 Å². The first-order chi connectivity index (χ1) is 13.8. The van der Waals surface area contributed by atoms with Crippen LogP contribution in [-0.4, -0.2) is 57.7 Å². The standard InChI is InChI=1S/C21H32N6O2/c1-21(29)10-4-5-17(11-21)24-18-15(12-22)13-23-20(26-18)25-16-8-6-14(7-9-16)19(28)27(2)3/h13-14,16-17,29H,4-11H2,1-3H3,(H2,23,24,25,26). The van der Waals surface area contributed by atoms with Crippen LogP contribution < -0.4 is 10.6 Å². The van der Waals surface area contributed by atoms with E-state index in [4.69, 9.17) is 0 Å². The van der Waals surface area contributed by atoms with E-state index in [0.717, 1.165) is 44.9 Å². The quantitative estimate of drug-likeness (QED) is 0.696. The van der Waals surface area contributed by atoms with Gasteiger partial charge in [-0.2, -0.15) is 10.2 Å². The Bertz CT molecular complexity index is 765. The molecule has 3 N–H and O–H groups in total. The number of aliphatic hydroxyl groups is 1. The first-order valence-electron chi connectivity index (χ1n) is 10.5. The van der Waals surface area contributed by atoms with E-state index in [-0.39, 0.29) is 23.9 Å². The third kappa shape index (κ3) is 5.57. The van der Waals surface area contributed by atoms with E-state index in [1.165, 1.54) is 0 Å². The zero-order valence-electron chi connectivity index (χ0n) is 17.6. The van der Waals surface area contributed by atoms with Crippen LogP contribution in [0.2, 0.25) is 0 Å². The van der Waals surface area contributed by atoms with Crippen LogP contribution in [0.5, 0.6) is 0 Å². The zero-order chi connectivity index (χ0) is 21.0. The lowest BCUT2D eigenvalue weighted by Gasteiger charge is -2.34. The molecule has 2 unspecified atom stereocenters. The molecular weight excluding hydrogens is 368 g/mol. The molecule has 0 spiro atoms. The van der Waals surface area contributed by atoms with E-state index >= 15 is 0 Å². The number of rotatable bonds is 5. The van der Waals surface area contributed by atoms with Gasteiger partial charge in [0.25, 0.3) is 0 Å². The van der Waals surface area contributed by atoms with Crippen LogP contribution in [0.4, 0.5) is 11.8 Å². The van der Waals surface area contributed by atoms with Gasteiger partial charge in [-0.05, 0) is 58.3 Å². The zero-order valence-corrected chi connectivity index (χ0v) is 17.6. The molecule has 0 saturated heterocycles. The van der Waals surface area contributed by atoms with Crippen molar-refractivity contribution in [2.24, 2.45) is 5.92 Å². The number of nitrogens with one attached hydrogen (secondary N) is 2. The second-order valence-corrected chi connectivity index (χ2v) is 8.93. The van der Waals surface area contributed by atoms with Crippen LogP contribution in [0.25, 0.3) is 0 Å². The molecule has 1 aromatic heterocycles. The Labute approximate surface area is 172 Å². The molecular formula is C21H32N6O2. The Kier molecular flexibility index (Phi) is 6.58. The molecule has 8 heteroatoms. The van der Waals surface area contributed by atoms with Crippen molar-refractivity contribution >= 4 is 17.7 Å². The van der Waals surface area contributed by atoms with Gasteiger partial charge in [-0.25, -0.2) is 4.98 Å². The van der Waals surface area contributed by atoms with E-state index in [9.17, 15) is 15.2 Å². The van der Waals surface area contributed by atoms with Gasteiger partial charge in [0.15, 0.2) is 0 Å². The fourth-order valence-electron chi connectivity index (χ4n) is 4.46. The van der Waals surface area contributed by atoms with Gasteiger partial charge >= 0.3 is 0 Å². The minimum Gasteiger partial charge on any atom is -0.390 e. The largest absolute Gasteiger partial charge is 0.390 e. The van der Waals surface area contributed by atoms with Crippen molar-refractivity contribution < 1.29 is 9.90 Å². The number of carbonyl (C=O) groups excluding carboxylic acids is 1. The summed E-state index contributed by atoms with van der Waals surface area (Å²) < 4.78 is 0. The summed E-state index contributed by atoms with van der Waals surface area (Å²) in [7, 11) is 3.61. The molecule has 0 aromatic carbocycles. The smallest absolute Gasteiger partial charge is 0.225 e. The SMILES string of the molecule is CN(C)C(=O)C1CCC(Nc2ncc(C#N)c(NC3CCCC(C)(O)C3)n2)CC1. The summed E-state index contributed by atoms with van der Waals surface area (Å²) in [5.41, 5.74) is -0.277. The van der Waals surface area contributed by atoms with Gasteiger partial charge in [0.2, 0.25) is 11.9 Å². The lowest BCUT2D eigenvalue weighted by atomic mass is 9.83. The third-order valence-electron chi connectivity index (χ3n) is 6.05. The number of nitrogens with zero attached hydrogens (tertiary/aromatic N) is 4. The lowest BCUT2D eigenvalue weighted by Crippen LogP contribution is -2.38. The highest BCUT2D eigenvalue weighted by molar-refractivity contribution is 5.78. The van der Waals surface area contributed by atoms with Gasteiger partial charge in [0.1, 0.15) is 17.5 Å². The summed E-state index contributed by atoms with van der Waals surface area (Å²) in [6, 6.07) is 2.45. The maximum absolute atomic E-state index is 12.1. The molecule has 0 aliphatic heterocycles. The predicted molar refractivity (Wildman–Crippen MR) is 111 cm³/mol. The van der Waals surface area contributed by atoms with Crippen molar-refractivity contribution in [3.63, 3.8) is 0 Å². The third-order valence-corrected chi connectivity index (χ3v) is 6.05. The molecule has 1 amide bonds. The van der Waals surface area contributed by atoms with Crippen molar-refractivity contribution in [3.05, 3.63) is 11.8 Å². The topological polar surface area (TPSA) is 114 Å². The highest BCUT2D eigenvalue weighted by Crippen LogP contribution is 2.31. The number of anilines is 2. The number of nitriles is 1. The molecule has 158 valence electrons. The van der Waals surface area contributed by atoms with E-state index in [1.54, 1.807) is 25.2 Å². The molecule has 2 aliphatic rings. The molecule has 8 nitrogen and oxygen atoms in total. The van der Waals surface area contributed by atoms with Gasteiger partial charge in [-0.3, -0.25) is 4.79 Å². The van der Waals surface area contributed by atoms with Crippen molar-refractivity contribution in [1.29, 1.82) is 5.26 Å². The molecule has 1 heterocycles. The van der Waals surface area contributed by atoms with Crippen molar-refractivity contribution in [2.75, 3.05) is 24.7 Å². The average Bonchev–Trinajstić information content (AvgIpc) is 2.67. The van der Waals surface area contributed by atoms with Gasteiger partial charge in [-0.1, -0.05) is 0 Å². The van der Waals surface area contributed by atoms with Crippen LogP contribution in [0.3, 0.4) is 0 Å². The fraction of sp³-hybridized carbons (Fsp3) is 0.714. The van der Waals surface area contributed by atoms with Crippen molar-refractivity contribution in [2.45, 2.75) is 76.0 Å². The normalized spacial score (nSPS) is 29.6. The number of hydrogen-bond acceptors (Lipinski definition) is 7. The number of aromatic nitrogens is 2. The molecule has 2 aliphatic carbocycles. The summed E-state index contributed by atoms with van der Waals surface area (Å²) >= 11 is 0. The lowest BCUT2D eigenvalue weighted by molar-refractivity contribution is -0.133. The Morgan fingerprint density at radius 2 is 1.97 bits per heavy atom. The van der Waals surface area contributed by atoms with Crippen LogP contribution in [0, 0.1) is 17.2 Å². The summed E-state index contributed by atoms with van der Waals surface area (Å²) in [4.78, 5) is 22.7. The first-order valence-corrected chi connectivity index (χ1v) is 10.5. The Hall–Kier alpha value is -2.40. The van der Waals surface area contributed by atoms with Gasteiger partial charge < -0.3 is 20.6 Å². The second-order valence-electron chi connectivity index (χ2n) is 8.93. The van der Waals surface area contributed by atoms with Gasteiger partial charge in [0, 0.05) is 32.1 Å². The molecule has 2 fully saturated rings. The molecule has 29 heavy (non-hydrogen) atoms. The highest BCUT2D eigenvalue weighted by atomic mass is 16.3. The maximum Gasteiger partial charge on any atom is 0.225 e. The van der Waals surface area contributed by atoms with Crippen LogP contribution in [0.15, 0.2) is 6.20 Å². The summed E-state index contributed by atoms with van der Waals surface area (Å²) in [5.74, 6) is 1.31. The average molecular weight is 401 g/mol. The summed E-state index contributed by atoms with van der Waals surface area (Å²) in [5, 5.41) is 26.5.